The van der Waals surface area contributed by atoms with E-state index in [2.05, 4.69) is 37.9 Å². The molecule has 30 heavy (non-hydrogen) atoms. The number of anilines is 4. The standard InChI is InChI=1S/C21H22N8O/c1-12-8-13(12)9-19(30)27-16-11-25-29-18(22-2)10-17(28-21(16)29)26-15-5-3-4-14-20(15)24-7-6-23-14/h3-7,10-13,22H,8-9H2,1-2H3,(H,26,28)(H,27,30). The Labute approximate surface area is 172 Å². The highest BCUT2D eigenvalue weighted by atomic mass is 16.1. The quantitative estimate of drug-likeness (QED) is 0.453. The van der Waals surface area contributed by atoms with Crippen LogP contribution in [-0.4, -0.2) is 37.5 Å². The molecule has 3 aromatic heterocycles. The fraction of sp³-hybridized carbons (Fsp3) is 0.286. The van der Waals surface area contributed by atoms with Crippen LogP contribution in [0.4, 0.5) is 23.0 Å². The molecule has 0 bridgehead atoms. The van der Waals surface area contributed by atoms with Crippen molar-refractivity contribution in [2.75, 3.05) is 23.0 Å². The van der Waals surface area contributed by atoms with E-state index in [9.17, 15) is 4.79 Å². The third kappa shape index (κ3) is 3.38. The van der Waals surface area contributed by atoms with Crippen molar-refractivity contribution in [1.29, 1.82) is 0 Å². The summed E-state index contributed by atoms with van der Waals surface area (Å²) in [6, 6.07) is 7.61. The van der Waals surface area contributed by atoms with Crippen molar-refractivity contribution in [3.63, 3.8) is 0 Å². The lowest BCUT2D eigenvalue weighted by molar-refractivity contribution is -0.116. The summed E-state index contributed by atoms with van der Waals surface area (Å²) in [6.45, 7) is 2.17. The zero-order chi connectivity index (χ0) is 20.7. The number of carbonyl (C=O) groups excluding carboxylic acids is 1. The molecule has 0 radical (unpaired) electrons. The van der Waals surface area contributed by atoms with E-state index in [-0.39, 0.29) is 5.91 Å². The number of benzene rings is 1. The lowest BCUT2D eigenvalue weighted by atomic mass is 10.2. The summed E-state index contributed by atoms with van der Waals surface area (Å²) in [5.74, 6) is 2.46. The Balaban J connectivity index is 1.48. The van der Waals surface area contributed by atoms with E-state index in [4.69, 9.17) is 4.98 Å². The van der Waals surface area contributed by atoms with Crippen molar-refractivity contribution in [3.05, 3.63) is 42.9 Å². The van der Waals surface area contributed by atoms with Crippen molar-refractivity contribution in [3.8, 4) is 0 Å². The zero-order valence-corrected chi connectivity index (χ0v) is 16.8. The van der Waals surface area contributed by atoms with E-state index in [0.29, 0.717) is 35.4 Å². The molecular formula is C21H22N8O. The Kier molecular flexibility index (Phi) is 4.42. The van der Waals surface area contributed by atoms with Crippen LogP contribution >= 0.6 is 0 Å². The first kappa shape index (κ1) is 18.3. The van der Waals surface area contributed by atoms with Crippen LogP contribution in [0.2, 0.25) is 0 Å². The van der Waals surface area contributed by atoms with E-state index in [0.717, 1.165) is 29.0 Å². The summed E-state index contributed by atoms with van der Waals surface area (Å²) in [6.07, 6.45) is 6.61. The van der Waals surface area contributed by atoms with Crippen LogP contribution in [0, 0.1) is 11.8 Å². The number of para-hydroxylation sites is 1. The van der Waals surface area contributed by atoms with Crippen LogP contribution in [0.1, 0.15) is 19.8 Å². The van der Waals surface area contributed by atoms with E-state index >= 15 is 0 Å². The molecular weight excluding hydrogens is 380 g/mol. The van der Waals surface area contributed by atoms with Crippen LogP contribution in [0.3, 0.4) is 0 Å². The predicted molar refractivity (Wildman–Crippen MR) is 116 cm³/mol. The van der Waals surface area contributed by atoms with Gasteiger partial charge in [-0.2, -0.15) is 9.61 Å². The summed E-state index contributed by atoms with van der Waals surface area (Å²) in [5.41, 5.74) is 3.50. The molecule has 5 rings (SSSR count). The topological polar surface area (TPSA) is 109 Å². The van der Waals surface area contributed by atoms with Crippen LogP contribution in [-0.2, 0) is 4.79 Å². The van der Waals surface area contributed by atoms with Crippen LogP contribution < -0.4 is 16.0 Å². The second-order valence-electron chi connectivity index (χ2n) is 7.65. The Bertz CT molecular complexity index is 1250. The second-order valence-corrected chi connectivity index (χ2v) is 7.65. The van der Waals surface area contributed by atoms with E-state index in [1.54, 1.807) is 23.1 Å². The third-order valence-corrected chi connectivity index (χ3v) is 5.49. The average Bonchev–Trinajstić information content (AvgIpc) is 3.29. The molecule has 0 spiro atoms. The van der Waals surface area contributed by atoms with Crippen molar-refractivity contribution in [2.45, 2.75) is 19.8 Å². The number of aromatic nitrogens is 5. The smallest absolute Gasteiger partial charge is 0.224 e. The molecule has 2 unspecified atom stereocenters. The number of rotatable bonds is 6. The molecule has 1 aliphatic rings. The van der Waals surface area contributed by atoms with Gasteiger partial charge >= 0.3 is 0 Å². The van der Waals surface area contributed by atoms with Gasteiger partial charge in [-0.1, -0.05) is 13.0 Å². The fourth-order valence-electron chi connectivity index (χ4n) is 3.65. The minimum atomic E-state index is -0.00486. The van der Waals surface area contributed by atoms with Gasteiger partial charge in [-0.05, 0) is 30.4 Å². The van der Waals surface area contributed by atoms with Gasteiger partial charge in [0.2, 0.25) is 5.91 Å². The van der Waals surface area contributed by atoms with Gasteiger partial charge in [0.05, 0.1) is 17.4 Å². The van der Waals surface area contributed by atoms with E-state index in [1.807, 2.05) is 31.3 Å². The predicted octanol–water partition coefficient (Wildman–Crippen LogP) is 3.44. The summed E-state index contributed by atoms with van der Waals surface area (Å²) in [7, 11) is 1.82. The summed E-state index contributed by atoms with van der Waals surface area (Å²) < 4.78 is 1.67. The molecule has 2 atom stereocenters. The summed E-state index contributed by atoms with van der Waals surface area (Å²) in [4.78, 5) is 25.9. The molecule has 3 N–H and O–H groups in total. The van der Waals surface area contributed by atoms with Gasteiger partial charge in [0.1, 0.15) is 22.8 Å². The van der Waals surface area contributed by atoms with Crippen molar-refractivity contribution in [2.24, 2.45) is 11.8 Å². The van der Waals surface area contributed by atoms with Crippen molar-refractivity contribution < 1.29 is 4.79 Å². The summed E-state index contributed by atoms with van der Waals surface area (Å²) >= 11 is 0. The molecule has 152 valence electrons. The number of fused-ring (bicyclic) bond motifs is 2. The number of hydrogen-bond acceptors (Lipinski definition) is 7. The van der Waals surface area contributed by atoms with Gasteiger partial charge in [0, 0.05) is 31.9 Å². The molecule has 9 heteroatoms. The molecule has 1 fully saturated rings. The minimum Gasteiger partial charge on any atom is -0.373 e. The lowest BCUT2D eigenvalue weighted by Gasteiger charge is -2.11. The van der Waals surface area contributed by atoms with Gasteiger partial charge < -0.3 is 16.0 Å². The maximum atomic E-state index is 12.4. The molecule has 4 aromatic rings. The van der Waals surface area contributed by atoms with Crippen molar-refractivity contribution in [1.82, 2.24) is 24.6 Å². The maximum absolute atomic E-state index is 12.4. The largest absolute Gasteiger partial charge is 0.373 e. The maximum Gasteiger partial charge on any atom is 0.224 e. The summed E-state index contributed by atoms with van der Waals surface area (Å²) in [5, 5.41) is 13.8. The van der Waals surface area contributed by atoms with E-state index in [1.165, 1.54) is 0 Å². The zero-order valence-electron chi connectivity index (χ0n) is 16.8. The molecule has 1 amide bonds. The molecule has 1 aromatic carbocycles. The van der Waals surface area contributed by atoms with Crippen LogP contribution in [0.15, 0.2) is 42.9 Å². The number of hydrogen-bond donors (Lipinski definition) is 3. The fourth-order valence-corrected chi connectivity index (χ4v) is 3.65. The molecule has 3 heterocycles. The Morgan fingerprint density at radius 1 is 1.23 bits per heavy atom. The van der Waals surface area contributed by atoms with Gasteiger partial charge in [-0.15, -0.1) is 0 Å². The molecule has 1 aliphatic carbocycles. The molecule has 9 nitrogen and oxygen atoms in total. The van der Waals surface area contributed by atoms with Gasteiger partial charge in [-0.3, -0.25) is 14.8 Å². The first-order valence-electron chi connectivity index (χ1n) is 9.95. The normalized spacial score (nSPS) is 17.8. The number of carbonyl (C=O) groups is 1. The number of amides is 1. The Hall–Kier alpha value is -3.75. The highest BCUT2D eigenvalue weighted by Gasteiger charge is 2.34. The Morgan fingerprint density at radius 3 is 2.87 bits per heavy atom. The monoisotopic (exact) mass is 402 g/mol. The number of nitrogens with one attached hydrogen (secondary N) is 3. The van der Waals surface area contributed by atoms with Crippen LogP contribution in [0.25, 0.3) is 16.7 Å². The van der Waals surface area contributed by atoms with Gasteiger partial charge in [-0.25, -0.2) is 4.98 Å². The SMILES string of the molecule is CNc1cc(Nc2cccc3nccnc23)nc2c(NC(=O)CC3CC3C)cnn12. The van der Waals surface area contributed by atoms with Crippen molar-refractivity contribution >= 4 is 45.6 Å². The van der Waals surface area contributed by atoms with Gasteiger partial charge in [0.25, 0.3) is 0 Å². The first-order chi connectivity index (χ1) is 14.6. The highest BCUT2D eigenvalue weighted by Crippen LogP contribution is 2.40. The first-order valence-corrected chi connectivity index (χ1v) is 9.95. The molecule has 1 saturated carbocycles. The number of nitrogens with zero attached hydrogens (tertiary/aromatic N) is 5. The molecule has 0 aliphatic heterocycles. The average molecular weight is 402 g/mol. The third-order valence-electron chi connectivity index (χ3n) is 5.49. The van der Waals surface area contributed by atoms with Gasteiger partial charge in [0.15, 0.2) is 5.65 Å². The minimum absolute atomic E-state index is 0.00486. The van der Waals surface area contributed by atoms with E-state index < -0.39 is 0 Å². The van der Waals surface area contributed by atoms with Crippen LogP contribution in [0.5, 0.6) is 0 Å². The highest BCUT2D eigenvalue weighted by molar-refractivity contribution is 5.95. The second kappa shape index (κ2) is 7.25. The Morgan fingerprint density at radius 2 is 2.07 bits per heavy atom. The lowest BCUT2D eigenvalue weighted by Crippen LogP contribution is -2.12. The molecule has 0 saturated heterocycles.